The Morgan fingerprint density at radius 3 is 2.04 bits per heavy atom. The second-order valence-corrected chi connectivity index (χ2v) is 13.2. The van der Waals surface area contributed by atoms with Crippen molar-refractivity contribution in [3.8, 4) is 5.69 Å². The first-order valence-electron chi connectivity index (χ1n) is 10.9. The van der Waals surface area contributed by atoms with Crippen LogP contribution >= 0.6 is 0 Å². The Morgan fingerprint density at radius 1 is 0.964 bits per heavy atom. The molecule has 0 spiro atoms. The first-order valence-corrected chi connectivity index (χ1v) is 13.8. The summed E-state index contributed by atoms with van der Waals surface area (Å²) in [6.07, 6.45) is 11.8. The molecule has 3 nitrogen and oxygen atoms in total. The van der Waals surface area contributed by atoms with Gasteiger partial charge >= 0.3 is 181 Å². The predicted octanol–water partition coefficient (Wildman–Crippen LogP) is 6.08. The van der Waals surface area contributed by atoms with Crippen molar-refractivity contribution in [2.45, 2.75) is 95.8 Å². The van der Waals surface area contributed by atoms with E-state index in [1.165, 1.54) is 67.6 Å². The molecule has 0 aliphatic rings. The molecule has 0 fully saturated rings. The van der Waals surface area contributed by atoms with E-state index in [0.29, 0.717) is 3.43 Å². The van der Waals surface area contributed by atoms with E-state index in [0.717, 1.165) is 16.9 Å². The second-order valence-electron chi connectivity index (χ2n) is 8.08. The Labute approximate surface area is 180 Å². The van der Waals surface area contributed by atoms with Gasteiger partial charge < -0.3 is 0 Å². The molecule has 0 N–H and O–H groups in total. The zero-order chi connectivity index (χ0) is 20.6. The van der Waals surface area contributed by atoms with Crippen molar-refractivity contribution < 1.29 is 4.39 Å². The van der Waals surface area contributed by atoms with Gasteiger partial charge in [0, 0.05) is 0 Å². The molecule has 0 atom stereocenters. The van der Waals surface area contributed by atoms with Crippen molar-refractivity contribution in [2.24, 2.45) is 0 Å². The number of halogens is 1. The number of unbranched alkanes of at least 4 members (excludes halogenated alkanes) is 3. The third kappa shape index (κ3) is 6.04. The molecule has 5 heteroatoms. The Hall–Kier alpha value is -0.911. The van der Waals surface area contributed by atoms with Crippen LogP contribution in [-0.4, -0.2) is 36.1 Å². The van der Waals surface area contributed by atoms with Gasteiger partial charge in [-0.25, -0.2) is 0 Å². The molecule has 28 heavy (non-hydrogen) atoms. The zero-order valence-electron chi connectivity index (χ0n) is 18.3. The number of aromatic nitrogens is 3. The molecule has 0 aliphatic heterocycles. The van der Waals surface area contributed by atoms with E-state index >= 15 is 0 Å². The summed E-state index contributed by atoms with van der Waals surface area (Å²) in [7, 11) is 0. The van der Waals surface area contributed by atoms with E-state index in [9.17, 15) is 4.39 Å². The van der Waals surface area contributed by atoms with Crippen molar-refractivity contribution in [3.05, 3.63) is 35.3 Å². The van der Waals surface area contributed by atoms with Crippen molar-refractivity contribution >= 4 is 24.9 Å². The van der Waals surface area contributed by atoms with E-state index in [2.05, 4.69) is 38.0 Å². The Bertz CT molecular complexity index is 720. The summed E-state index contributed by atoms with van der Waals surface area (Å²) in [4.78, 5) is 0. The number of hydrogen-bond donors (Lipinski definition) is 0. The van der Waals surface area contributed by atoms with Gasteiger partial charge in [0.05, 0.1) is 0 Å². The van der Waals surface area contributed by atoms with Gasteiger partial charge in [-0.2, -0.15) is 0 Å². The van der Waals surface area contributed by atoms with Gasteiger partial charge in [0.25, 0.3) is 0 Å². The molecule has 154 valence electrons. The van der Waals surface area contributed by atoms with Gasteiger partial charge in [-0.3, -0.25) is 0 Å². The van der Waals surface area contributed by atoms with Crippen LogP contribution in [-0.2, 0) is 0 Å². The van der Waals surface area contributed by atoms with Gasteiger partial charge in [0.2, 0.25) is 0 Å². The Kier molecular flexibility index (Phi) is 9.45. The molecule has 0 saturated heterocycles. The predicted molar refractivity (Wildman–Crippen MR) is 117 cm³/mol. The fourth-order valence-electron chi connectivity index (χ4n) is 3.89. The van der Waals surface area contributed by atoms with Gasteiger partial charge in [-0.1, -0.05) is 0 Å². The number of hydrogen-bond acceptors (Lipinski definition) is 2. The van der Waals surface area contributed by atoms with Crippen LogP contribution in [0.15, 0.2) is 18.2 Å². The van der Waals surface area contributed by atoms with Crippen LogP contribution in [0.3, 0.4) is 0 Å². The average molecular weight is 492 g/mol. The average Bonchev–Trinajstić information content (AvgIpc) is 3.03. The topological polar surface area (TPSA) is 30.7 Å². The molecule has 1 aromatic carbocycles. The van der Waals surface area contributed by atoms with Crippen LogP contribution in [0.1, 0.15) is 89.8 Å². The first kappa shape index (κ1) is 23.4. The maximum absolute atomic E-state index is 13.5. The van der Waals surface area contributed by atoms with Crippen molar-refractivity contribution in [1.82, 2.24) is 15.0 Å². The molecule has 1 heterocycles. The zero-order valence-corrected chi connectivity index (χ0v) is 21.2. The third-order valence-electron chi connectivity index (χ3n) is 5.69. The van der Waals surface area contributed by atoms with Crippen LogP contribution in [0.25, 0.3) is 5.69 Å². The van der Waals surface area contributed by atoms with Gasteiger partial charge in [-0.05, 0) is 0 Å². The van der Waals surface area contributed by atoms with Crippen LogP contribution in [0.4, 0.5) is 4.39 Å². The first-order chi connectivity index (χ1) is 13.5. The van der Waals surface area contributed by atoms with Crippen molar-refractivity contribution in [3.63, 3.8) is 0 Å². The summed E-state index contributed by atoms with van der Waals surface area (Å²) < 4.78 is 17.2. The molecule has 0 saturated carbocycles. The summed E-state index contributed by atoms with van der Waals surface area (Å²) in [6, 6.07) is 4.90. The standard InChI is InChI=1S/C13H27.C10H9FN3.Sn/c1-4-7-10-13(11-8-5-2)12-9-6-3;1-7-5-9(11)3-4-10(7)14-8(2)6-12-13-14;/h4-12H2,1-3H3;3-5H,1-2H3;. The van der Waals surface area contributed by atoms with Crippen LogP contribution in [0, 0.1) is 19.7 Å². The number of rotatable bonds is 12. The van der Waals surface area contributed by atoms with Crippen LogP contribution in [0.5, 0.6) is 0 Å². The van der Waals surface area contributed by atoms with Gasteiger partial charge in [0.15, 0.2) is 0 Å². The third-order valence-corrected chi connectivity index (χ3v) is 11.3. The maximum atomic E-state index is 13.5. The summed E-state index contributed by atoms with van der Waals surface area (Å²) in [6.45, 7) is 11.0. The molecule has 2 rings (SSSR count). The minimum absolute atomic E-state index is 0.201. The van der Waals surface area contributed by atoms with Gasteiger partial charge in [0.1, 0.15) is 0 Å². The van der Waals surface area contributed by atoms with E-state index in [1.807, 2.05) is 17.7 Å². The molecule has 2 aromatic rings. The van der Waals surface area contributed by atoms with E-state index in [1.54, 1.807) is 6.07 Å². The fraction of sp³-hybridized carbons (Fsp3) is 0.652. The number of aryl methyl sites for hydroxylation is 1. The monoisotopic (exact) mass is 493 g/mol. The normalized spacial score (nSPS) is 11.9. The molecule has 1 aromatic heterocycles. The molecular weight excluding hydrogens is 456 g/mol. The number of nitrogens with zero attached hydrogens (tertiary/aromatic N) is 3. The summed E-state index contributed by atoms with van der Waals surface area (Å²) in [5.41, 5.74) is 3.01. The van der Waals surface area contributed by atoms with E-state index in [4.69, 9.17) is 0 Å². The van der Waals surface area contributed by atoms with Gasteiger partial charge in [-0.15, -0.1) is 0 Å². The van der Waals surface area contributed by atoms with Crippen LogP contribution in [0.2, 0.25) is 3.43 Å². The van der Waals surface area contributed by atoms with Crippen molar-refractivity contribution in [1.29, 1.82) is 0 Å². The molecular formula is C23H36FN3Sn. The molecule has 0 amide bonds. The Morgan fingerprint density at radius 2 is 1.54 bits per heavy atom. The second kappa shape index (κ2) is 11.3. The summed E-state index contributed by atoms with van der Waals surface area (Å²) in [5.74, 6) is -0.201. The Balaban J connectivity index is 2.33. The van der Waals surface area contributed by atoms with E-state index < -0.39 is 21.1 Å². The minimum atomic E-state index is -0.918. The summed E-state index contributed by atoms with van der Waals surface area (Å²) in [5, 5.41) is 9.15. The number of benzene rings is 1. The summed E-state index contributed by atoms with van der Waals surface area (Å²) >= 11 is -0.918. The molecule has 0 bridgehead atoms. The molecule has 0 unspecified atom stereocenters. The quantitative estimate of drug-likeness (QED) is 0.336. The van der Waals surface area contributed by atoms with Crippen LogP contribution < -0.4 is 3.71 Å². The molecule has 0 aliphatic carbocycles. The molecule has 2 radical (unpaired) electrons. The fourth-order valence-corrected chi connectivity index (χ4v) is 9.00. The van der Waals surface area contributed by atoms with Crippen molar-refractivity contribution in [2.75, 3.05) is 0 Å². The SMILES string of the molecule is CCCC[C](CCCC)(CCCC)[Sn][c]1nnn(-c2ccc(F)cc2C)c1C. The van der Waals surface area contributed by atoms with E-state index in [-0.39, 0.29) is 5.82 Å².